The van der Waals surface area contributed by atoms with Crippen LogP contribution in [0, 0.1) is 19.3 Å². The summed E-state index contributed by atoms with van der Waals surface area (Å²) in [4.78, 5) is 25.1. The van der Waals surface area contributed by atoms with Gasteiger partial charge in [-0.3, -0.25) is 9.59 Å². The van der Waals surface area contributed by atoms with Gasteiger partial charge in [0.05, 0.1) is 0 Å². The molecule has 0 saturated carbocycles. The first-order chi connectivity index (χ1) is 11.7. The van der Waals surface area contributed by atoms with Crippen molar-refractivity contribution in [2.24, 2.45) is 5.41 Å². The molecule has 2 amide bonds. The van der Waals surface area contributed by atoms with E-state index in [4.69, 9.17) is 11.6 Å². The Morgan fingerprint density at radius 3 is 2.28 bits per heavy atom. The van der Waals surface area contributed by atoms with Crippen LogP contribution in [0.4, 0.5) is 5.69 Å². The molecule has 0 atom stereocenters. The van der Waals surface area contributed by atoms with Crippen LogP contribution in [-0.4, -0.2) is 11.8 Å². The molecule has 0 saturated heterocycles. The maximum absolute atomic E-state index is 12.6. The van der Waals surface area contributed by atoms with Crippen LogP contribution in [0.3, 0.4) is 0 Å². The monoisotopic (exact) mass is 358 g/mol. The molecule has 5 heteroatoms. The van der Waals surface area contributed by atoms with E-state index >= 15 is 0 Å². The van der Waals surface area contributed by atoms with Crippen LogP contribution in [0.5, 0.6) is 0 Å². The molecule has 0 bridgehead atoms. The van der Waals surface area contributed by atoms with Gasteiger partial charge in [0.15, 0.2) is 0 Å². The molecule has 0 aromatic heterocycles. The topological polar surface area (TPSA) is 58.2 Å². The van der Waals surface area contributed by atoms with E-state index < -0.39 is 5.41 Å². The van der Waals surface area contributed by atoms with E-state index in [1.165, 1.54) is 0 Å². The zero-order chi connectivity index (χ0) is 18.6. The SMILES string of the molecule is Cc1ccc(C)c(NC(=O)C(C)(C)C(=O)NCc2ccc(Cl)cc2)c1. The van der Waals surface area contributed by atoms with Crippen molar-refractivity contribution in [1.29, 1.82) is 0 Å². The molecular formula is C20H23ClN2O2. The highest BCUT2D eigenvalue weighted by Gasteiger charge is 2.36. The lowest BCUT2D eigenvalue weighted by Crippen LogP contribution is -2.45. The molecule has 4 nitrogen and oxygen atoms in total. The van der Waals surface area contributed by atoms with Gasteiger partial charge in [-0.25, -0.2) is 0 Å². The highest BCUT2D eigenvalue weighted by molar-refractivity contribution is 6.30. The van der Waals surface area contributed by atoms with Crippen LogP contribution >= 0.6 is 11.6 Å². The Morgan fingerprint density at radius 2 is 1.64 bits per heavy atom. The molecule has 2 rings (SSSR count). The summed E-state index contributed by atoms with van der Waals surface area (Å²) in [6, 6.07) is 13.0. The third-order valence-corrected chi connectivity index (χ3v) is 4.39. The van der Waals surface area contributed by atoms with Gasteiger partial charge < -0.3 is 10.6 Å². The Kier molecular flexibility index (Phi) is 5.85. The molecule has 0 radical (unpaired) electrons. The highest BCUT2D eigenvalue weighted by Crippen LogP contribution is 2.22. The van der Waals surface area contributed by atoms with Crippen molar-refractivity contribution in [2.75, 3.05) is 5.32 Å². The fraction of sp³-hybridized carbons (Fsp3) is 0.300. The van der Waals surface area contributed by atoms with Crippen molar-refractivity contribution in [3.8, 4) is 0 Å². The summed E-state index contributed by atoms with van der Waals surface area (Å²) in [5.74, 6) is -0.667. The molecule has 0 aliphatic rings. The zero-order valence-corrected chi connectivity index (χ0v) is 15.7. The Morgan fingerprint density at radius 1 is 1.00 bits per heavy atom. The Hall–Kier alpha value is -2.33. The molecule has 2 aromatic carbocycles. The Balaban J connectivity index is 2.02. The summed E-state index contributed by atoms with van der Waals surface area (Å²) in [6.45, 7) is 7.45. The van der Waals surface area contributed by atoms with Gasteiger partial charge in [0.2, 0.25) is 11.8 Å². The average Bonchev–Trinajstić information content (AvgIpc) is 2.57. The second-order valence-corrected chi connectivity index (χ2v) is 7.14. The van der Waals surface area contributed by atoms with Gasteiger partial charge in [0.1, 0.15) is 5.41 Å². The summed E-state index contributed by atoms with van der Waals surface area (Å²) >= 11 is 5.85. The Labute approximate surface area is 153 Å². The lowest BCUT2D eigenvalue weighted by atomic mass is 9.90. The number of benzene rings is 2. The van der Waals surface area contributed by atoms with Crippen LogP contribution in [0.1, 0.15) is 30.5 Å². The van der Waals surface area contributed by atoms with Gasteiger partial charge in [-0.15, -0.1) is 0 Å². The van der Waals surface area contributed by atoms with Crippen molar-refractivity contribution in [3.63, 3.8) is 0 Å². The molecule has 0 unspecified atom stereocenters. The standard InChI is InChI=1S/C20H23ClN2O2/c1-13-5-6-14(2)17(11-13)23-19(25)20(3,4)18(24)22-12-15-7-9-16(21)10-8-15/h5-11H,12H2,1-4H3,(H,22,24)(H,23,25). The fourth-order valence-electron chi connectivity index (χ4n) is 2.26. The van der Waals surface area contributed by atoms with Crippen LogP contribution in [-0.2, 0) is 16.1 Å². The summed E-state index contributed by atoms with van der Waals surface area (Å²) in [7, 11) is 0. The number of hydrogen-bond donors (Lipinski definition) is 2. The van der Waals surface area contributed by atoms with E-state index in [0.29, 0.717) is 11.6 Å². The summed E-state index contributed by atoms with van der Waals surface area (Å²) < 4.78 is 0. The molecule has 0 aliphatic carbocycles. The minimum atomic E-state index is -1.19. The predicted octanol–water partition coefficient (Wildman–Crippen LogP) is 4.24. The molecule has 0 spiro atoms. The molecule has 25 heavy (non-hydrogen) atoms. The normalized spacial score (nSPS) is 11.1. The molecule has 132 valence electrons. The zero-order valence-electron chi connectivity index (χ0n) is 14.9. The van der Waals surface area contributed by atoms with Gasteiger partial charge in [-0.05, 0) is 62.6 Å². The molecule has 2 N–H and O–H groups in total. The molecule has 0 aliphatic heterocycles. The van der Waals surface area contributed by atoms with Gasteiger partial charge >= 0.3 is 0 Å². The lowest BCUT2D eigenvalue weighted by Gasteiger charge is -2.23. The van der Waals surface area contributed by atoms with Crippen LogP contribution in [0.25, 0.3) is 0 Å². The van der Waals surface area contributed by atoms with Crippen molar-refractivity contribution < 1.29 is 9.59 Å². The van der Waals surface area contributed by atoms with Crippen LogP contribution < -0.4 is 10.6 Å². The first kappa shape index (κ1) is 19.0. The largest absolute Gasteiger partial charge is 0.351 e. The van der Waals surface area contributed by atoms with Crippen LogP contribution in [0.2, 0.25) is 5.02 Å². The summed E-state index contributed by atoms with van der Waals surface area (Å²) in [5, 5.41) is 6.31. The number of aryl methyl sites for hydroxylation is 2. The second kappa shape index (κ2) is 7.70. The lowest BCUT2D eigenvalue weighted by molar-refractivity contribution is -0.138. The third kappa shape index (κ3) is 4.83. The van der Waals surface area contributed by atoms with Crippen molar-refractivity contribution in [1.82, 2.24) is 5.32 Å². The number of anilines is 1. The van der Waals surface area contributed by atoms with E-state index in [9.17, 15) is 9.59 Å². The van der Waals surface area contributed by atoms with Crippen LogP contribution in [0.15, 0.2) is 42.5 Å². The molecular weight excluding hydrogens is 336 g/mol. The number of halogens is 1. The Bertz CT molecular complexity index is 783. The number of rotatable bonds is 5. The smallest absolute Gasteiger partial charge is 0.239 e. The maximum atomic E-state index is 12.6. The van der Waals surface area contributed by atoms with Crippen molar-refractivity contribution in [2.45, 2.75) is 34.2 Å². The van der Waals surface area contributed by atoms with E-state index in [1.807, 2.05) is 44.2 Å². The number of nitrogens with one attached hydrogen (secondary N) is 2. The number of hydrogen-bond acceptors (Lipinski definition) is 2. The van der Waals surface area contributed by atoms with E-state index in [0.717, 1.165) is 22.4 Å². The number of amides is 2. The third-order valence-electron chi connectivity index (χ3n) is 4.14. The fourth-order valence-corrected chi connectivity index (χ4v) is 2.38. The van der Waals surface area contributed by atoms with Gasteiger partial charge in [0, 0.05) is 17.3 Å². The molecule has 0 fully saturated rings. The summed E-state index contributed by atoms with van der Waals surface area (Å²) in [6.07, 6.45) is 0. The highest BCUT2D eigenvalue weighted by atomic mass is 35.5. The van der Waals surface area contributed by atoms with Gasteiger partial charge in [0.25, 0.3) is 0 Å². The minimum absolute atomic E-state index is 0.328. The number of carbonyl (C=O) groups is 2. The van der Waals surface area contributed by atoms with E-state index in [2.05, 4.69) is 10.6 Å². The summed E-state index contributed by atoms with van der Waals surface area (Å²) in [5.41, 5.74) is 2.46. The number of carbonyl (C=O) groups excluding carboxylic acids is 2. The first-order valence-electron chi connectivity index (χ1n) is 8.11. The van der Waals surface area contributed by atoms with Gasteiger partial charge in [-0.2, -0.15) is 0 Å². The molecule has 0 heterocycles. The maximum Gasteiger partial charge on any atom is 0.239 e. The predicted molar refractivity (Wildman–Crippen MR) is 102 cm³/mol. The quantitative estimate of drug-likeness (QED) is 0.785. The second-order valence-electron chi connectivity index (χ2n) is 6.71. The van der Waals surface area contributed by atoms with Gasteiger partial charge in [-0.1, -0.05) is 35.9 Å². The van der Waals surface area contributed by atoms with E-state index in [-0.39, 0.29) is 11.8 Å². The minimum Gasteiger partial charge on any atom is -0.351 e. The van der Waals surface area contributed by atoms with Crippen molar-refractivity contribution in [3.05, 3.63) is 64.2 Å². The average molecular weight is 359 g/mol. The van der Waals surface area contributed by atoms with Crippen molar-refractivity contribution >= 4 is 29.1 Å². The van der Waals surface area contributed by atoms with E-state index in [1.54, 1.807) is 26.0 Å². The first-order valence-corrected chi connectivity index (χ1v) is 8.49. The molecule has 2 aromatic rings.